The molecule has 0 saturated carbocycles. The number of anilines is 1. The molecule has 0 spiro atoms. The summed E-state index contributed by atoms with van der Waals surface area (Å²) < 4.78 is 15.0. The Morgan fingerprint density at radius 2 is 1.90 bits per heavy atom. The van der Waals surface area contributed by atoms with Crippen molar-refractivity contribution in [3.8, 4) is 0 Å². The third kappa shape index (κ3) is 2.36. The number of rotatable bonds is 2. The fourth-order valence-corrected chi connectivity index (χ4v) is 3.24. The van der Waals surface area contributed by atoms with E-state index in [4.69, 9.17) is 5.73 Å². The predicted octanol–water partition coefficient (Wildman–Crippen LogP) is 4.26. The van der Waals surface area contributed by atoms with Crippen LogP contribution in [0.3, 0.4) is 0 Å². The number of halogens is 2. The molecule has 0 fully saturated rings. The van der Waals surface area contributed by atoms with Gasteiger partial charge in [-0.05, 0) is 46.3 Å². The van der Waals surface area contributed by atoms with Crippen molar-refractivity contribution in [3.63, 3.8) is 0 Å². The van der Waals surface area contributed by atoms with Gasteiger partial charge in [-0.15, -0.1) is 0 Å². The van der Waals surface area contributed by atoms with Crippen LogP contribution in [0.4, 0.5) is 10.1 Å². The standard InChI is InChI=1S/C14H9BrFN3S/c15-9-4-2-6-19-14(9)20-13-10(16)7-11(17)8-3-1-5-18-12(8)13/h1-7H,17H2. The zero-order valence-corrected chi connectivity index (χ0v) is 12.6. The van der Waals surface area contributed by atoms with E-state index in [1.165, 1.54) is 17.8 Å². The van der Waals surface area contributed by atoms with E-state index in [1.54, 1.807) is 18.5 Å². The van der Waals surface area contributed by atoms with Crippen molar-refractivity contribution in [3.05, 3.63) is 53.0 Å². The minimum Gasteiger partial charge on any atom is -0.398 e. The molecular formula is C14H9BrFN3S. The first-order valence-corrected chi connectivity index (χ1v) is 7.39. The zero-order chi connectivity index (χ0) is 14.1. The van der Waals surface area contributed by atoms with Crippen molar-refractivity contribution in [2.24, 2.45) is 0 Å². The molecule has 0 radical (unpaired) electrons. The molecule has 0 saturated heterocycles. The van der Waals surface area contributed by atoms with E-state index >= 15 is 0 Å². The quantitative estimate of drug-likeness (QED) is 0.702. The van der Waals surface area contributed by atoms with Gasteiger partial charge in [-0.1, -0.05) is 11.8 Å². The highest BCUT2D eigenvalue weighted by Gasteiger charge is 2.15. The van der Waals surface area contributed by atoms with Crippen molar-refractivity contribution in [1.29, 1.82) is 0 Å². The lowest BCUT2D eigenvalue weighted by Crippen LogP contribution is -1.94. The van der Waals surface area contributed by atoms with Gasteiger partial charge in [-0.2, -0.15) is 0 Å². The Balaban J connectivity index is 2.19. The van der Waals surface area contributed by atoms with Gasteiger partial charge in [-0.25, -0.2) is 9.37 Å². The summed E-state index contributed by atoms with van der Waals surface area (Å²) in [5.41, 5.74) is 6.77. The van der Waals surface area contributed by atoms with E-state index in [1.807, 2.05) is 18.2 Å². The number of nitrogens with two attached hydrogens (primary N) is 1. The Morgan fingerprint density at radius 1 is 1.15 bits per heavy atom. The number of pyridine rings is 2. The maximum atomic E-state index is 14.2. The van der Waals surface area contributed by atoms with Gasteiger partial charge in [-0.3, -0.25) is 4.98 Å². The van der Waals surface area contributed by atoms with Gasteiger partial charge >= 0.3 is 0 Å². The molecule has 3 nitrogen and oxygen atoms in total. The first-order valence-electron chi connectivity index (χ1n) is 5.78. The summed E-state index contributed by atoms with van der Waals surface area (Å²) in [5.74, 6) is -0.392. The molecule has 1 aromatic carbocycles. The average Bonchev–Trinajstić information content (AvgIpc) is 2.45. The fraction of sp³-hybridized carbons (Fsp3) is 0. The summed E-state index contributed by atoms with van der Waals surface area (Å²) in [6, 6.07) is 8.60. The molecule has 6 heteroatoms. The highest BCUT2D eigenvalue weighted by molar-refractivity contribution is 9.10. The molecular weight excluding hydrogens is 341 g/mol. The summed E-state index contributed by atoms with van der Waals surface area (Å²) in [7, 11) is 0. The molecule has 0 unspecified atom stereocenters. The number of hydrogen-bond donors (Lipinski definition) is 1. The number of nitrogen functional groups attached to an aromatic ring is 1. The lowest BCUT2D eigenvalue weighted by Gasteiger charge is -2.09. The van der Waals surface area contributed by atoms with Crippen LogP contribution in [0.1, 0.15) is 0 Å². The lowest BCUT2D eigenvalue weighted by molar-refractivity contribution is 0.605. The number of fused-ring (bicyclic) bond motifs is 1. The molecule has 2 heterocycles. The largest absolute Gasteiger partial charge is 0.398 e. The average molecular weight is 350 g/mol. The van der Waals surface area contributed by atoms with Crippen LogP contribution >= 0.6 is 27.7 Å². The number of aromatic nitrogens is 2. The SMILES string of the molecule is Nc1cc(F)c(Sc2ncccc2Br)c2ncccc12. The van der Waals surface area contributed by atoms with E-state index in [0.29, 0.717) is 21.1 Å². The Labute approximate surface area is 127 Å². The molecule has 3 rings (SSSR count). The van der Waals surface area contributed by atoms with Crippen molar-refractivity contribution < 1.29 is 4.39 Å². The van der Waals surface area contributed by atoms with Gasteiger partial charge in [0.1, 0.15) is 10.8 Å². The van der Waals surface area contributed by atoms with Crippen LogP contribution in [0.25, 0.3) is 10.9 Å². The molecule has 20 heavy (non-hydrogen) atoms. The van der Waals surface area contributed by atoms with E-state index in [9.17, 15) is 4.39 Å². The second-order valence-electron chi connectivity index (χ2n) is 4.07. The zero-order valence-electron chi connectivity index (χ0n) is 10.2. The van der Waals surface area contributed by atoms with Crippen molar-refractivity contribution >= 4 is 44.3 Å². The summed E-state index contributed by atoms with van der Waals surface area (Å²) >= 11 is 4.63. The van der Waals surface area contributed by atoms with Crippen LogP contribution in [0, 0.1) is 5.82 Å². The smallest absolute Gasteiger partial charge is 0.141 e. The van der Waals surface area contributed by atoms with E-state index < -0.39 is 5.82 Å². The summed E-state index contributed by atoms with van der Waals surface area (Å²) in [4.78, 5) is 8.90. The molecule has 0 bridgehead atoms. The van der Waals surface area contributed by atoms with Crippen molar-refractivity contribution in [1.82, 2.24) is 9.97 Å². The molecule has 0 aliphatic heterocycles. The van der Waals surface area contributed by atoms with Crippen LogP contribution in [0.15, 0.2) is 57.1 Å². The third-order valence-corrected chi connectivity index (χ3v) is 4.77. The van der Waals surface area contributed by atoms with Gasteiger partial charge < -0.3 is 5.73 Å². The Kier molecular flexibility index (Phi) is 3.58. The van der Waals surface area contributed by atoms with Gasteiger partial charge in [0.2, 0.25) is 0 Å². The Hall–Kier alpha value is -1.66. The highest BCUT2D eigenvalue weighted by Crippen LogP contribution is 2.38. The summed E-state index contributed by atoms with van der Waals surface area (Å²) in [5, 5.41) is 1.42. The lowest BCUT2D eigenvalue weighted by atomic mass is 10.2. The molecule has 2 N–H and O–H groups in total. The summed E-state index contributed by atoms with van der Waals surface area (Å²) in [6.45, 7) is 0. The Morgan fingerprint density at radius 3 is 2.70 bits per heavy atom. The van der Waals surface area contributed by atoms with E-state index in [2.05, 4.69) is 25.9 Å². The topological polar surface area (TPSA) is 51.8 Å². The monoisotopic (exact) mass is 349 g/mol. The molecule has 2 aromatic heterocycles. The number of nitrogens with zero attached hydrogens (tertiary/aromatic N) is 2. The number of benzene rings is 1. The Bertz CT molecular complexity index is 794. The third-order valence-electron chi connectivity index (χ3n) is 2.76. The van der Waals surface area contributed by atoms with Crippen LogP contribution in [-0.2, 0) is 0 Å². The van der Waals surface area contributed by atoms with E-state index in [-0.39, 0.29) is 0 Å². The predicted molar refractivity (Wildman–Crippen MR) is 82.2 cm³/mol. The van der Waals surface area contributed by atoms with Crippen molar-refractivity contribution in [2.45, 2.75) is 9.92 Å². The second-order valence-corrected chi connectivity index (χ2v) is 5.92. The molecule has 0 aliphatic rings. The van der Waals surface area contributed by atoms with Gasteiger partial charge in [0.05, 0.1) is 14.9 Å². The summed E-state index contributed by atoms with van der Waals surface area (Å²) in [6.07, 6.45) is 3.29. The van der Waals surface area contributed by atoms with Crippen LogP contribution < -0.4 is 5.73 Å². The molecule has 0 atom stereocenters. The molecule has 0 amide bonds. The minimum atomic E-state index is -0.392. The van der Waals surface area contributed by atoms with E-state index in [0.717, 1.165) is 9.86 Å². The van der Waals surface area contributed by atoms with Gasteiger partial charge in [0, 0.05) is 23.5 Å². The minimum absolute atomic E-state index is 0.384. The number of hydrogen-bond acceptors (Lipinski definition) is 4. The maximum absolute atomic E-state index is 14.2. The normalized spacial score (nSPS) is 10.9. The molecule has 0 aliphatic carbocycles. The van der Waals surface area contributed by atoms with Crippen molar-refractivity contribution in [2.75, 3.05) is 5.73 Å². The fourth-order valence-electron chi connectivity index (χ4n) is 1.85. The van der Waals surface area contributed by atoms with Crippen LogP contribution in [0.5, 0.6) is 0 Å². The molecule has 100 valence electrons. The first kappa shape index (κ1) is 13.3. The molecule has 3 aromatic rings. The maximum Gasteiger partial charge on any atom is 0.141 e. The highest BCUT2D eigenvalue weighted by atomic mass is 79.9. The van der Waals surface area contributed by atoms with Gasteiger partial charge in [0.25, 0.3) is 0 Å². The first-order chi connectivity index (χ1) is 9.66. The second kappa shape index (κ2) is 5.38. The van der Waals surface area contributed by atoms with Crippen LogP contribution in [0.2, 0.25) is 0 Å². The van der Waals surface area contributed by atoms with Crippen LogP contribution in [-0.4, -0.2) is 9.97 Å². The van der Waals surface area contributed by atoms with Gasteiger partial charge in [0.15, 0.2) is 0 Å².